The fourth-order valence-corrected chi connectivity index (χ4v) is 2.12. The molecule has 0 saturated heterocycles. The number of nitrogens with one attached hydrogen (secondary N) is 1. The van der Waals surface area contributed by atoms with Crippen molar-refractivity contribution in [2.75, 3.05) is 12.0 Å². The number of nitrogens with zero attached hydrogens (tertiary/aromatic N) is 2. The van der Waals surface area contributed by atoms with Gasteiger partial charge in [-0.25, -0.2) is 0 Å². The zero-order valence-corrected chi connectivity index (χ0v) is 10.9. The molecule has 0 amide bonds. The van der Waals surface area contributed by atoms with Gasteiger partial charge in [-0.15, -0.1) is 0 Å². The molecule has 4 heteroatoms. The van der Waals surface area contributed by atoms with Crippen molar-refractivity contribution < 1.29 is 0 Å². The van der Waals surface area contributed by atoms with E-state index in [-0.39, 0.29) is 0 Å². The molecule has 0 aliphatic heterocycles. The van der Waals surface area contributed by atoms with Crippen LogP contribution >= 0.6 is 11.8 Å². The quantitative estimate of drug-likeness (QED) is 0.804. The van der Waals surface area contributed by atoms with Crippen LogP contribution in [0.3, 0.4) is 0 Å². The molecule has 0 aliphatic carbocycles. The van der Waals surface area contributed by atoms with Crippen molar-refractivity contribution in [3.63, 3.8) is 0 Å². The average molecular weight is 227 g/mol. The largest absolute Gasteiger partial charge is 0.308 e. The summed E-state index contributed by atoms with van der Waals surface area (Å²) in [6, 6.07) is 2.73. The molecule has 1 heterocycles. The van der Waals surface area contributed by atoms with Gasteiger partial charge in [-0.3, -0.25) is 4.68 Å². The van der Waals surface area contributed by atoms with Crippen molar-refractivity contribution in [3.05, 3.63) is 17.5 Å². The fraction of sp³-hybridized carbons (Fsp3) is 0.727. The van der Waals surface area contributed by atoms with Gasteiger partial charge in [0.2, 0.25) is 0 Å². The molecule has 86 valence electrons. The molecule has 0 aliphatic rings. The van der Waals surface area contributed by atoms with Crippen LogP contribution in [0.1, 0.15) is 25.2 Å². The van der Waals surface area contributed by atoms with Gasteiger partial charge in [0, 0.05) is 25.4 Å². The van der Waals surface area contributed by atoms with Gasteiger partial charge in [-0.2, -0.15) is 16.9 Å². The van der Waals surface area contributed by atoms with Crippen molar-refractivity contribution in [1.82, 2.24) is 15.1 Å². The van der Waals surface area contributed by atoms with Crippen LogP contribution in [0, 0.1) is 0 Å². The topological polar surface area (TPSA) is 29.9 Å². The van der Waals surface area contributed by atoms with E-state index < -0.39 is 0 Å². The molecule has 0 radical (unpaired) electrons. The Labute approximate surface area is 96.6 Å². The SMILES string of the molecule is CCc1cc(CNC(C)CSC)n(C)n1. The molecule has 0 bridgehead atoms. The van der Waals surface area contributed by atoms with E-state index in [1.165, 1.54) is 11.4 Å². The van der Waals surface area contributed by atoms with E-state index >= 15 is 0 Å². The highest BCUT2D eigenvalue weighted by molar-refractivity contribution is 7.98. The van der Waals surface area contributed by atoms with E-state index in [2.05, 4.69) is 36.6 Å². The normalized spacial score (nSPS) is 13.1. The first kappa shape index (κ1) is 12.6. The summed E-state index contributed by atoms with van der Waals surface area (Å²) in [6.45, 7) is 5.26. The van der Waals surface area contributed by atoms with E-state index in [0.29, 0.717) is 6.04 Å². The molecule has 0 aromatic carbocycles. The smallest absolute Gasteiger partial charge is 0.0625 e. The first-order chi connectivity index (χ1) is 7.17. The summed E-state index contributed by atoms with van der Waals surface area (Å²) in [5, 5.41) is 7.92. The molecule has 0 fully saturated rings. The minimum absolute atomic E-state index is 0.556. The second-order valence-corrected chi connectivity index (χ2v) is 4.75. The summed E-state index contributed by atoms with van der Waals surface area (Å²) in [6.07, 6.45) is 3.14. The van der Waals surface area contributed by atoms with Crippen LogP contribution in [0.5, 0.6) is 0 Å². The number of aromatic nitrogens is 2. The lowest BCUT2D eigenvalue weighted by Crippen LogP contribution is -2.28. The Balaban J connectivity index is 2.46. The standard InChI is InChI=1S/C11H21N3S/c1-5-10-6-11(14(3)13-10)7-12-9(2)8-15-4/h6,9,12H,5,7-8H2,1-4H3. The third-order valence-electron chi connectivity index (χ3n) is 2.44. The van der Waals surface area contributed by atoms with Gasteiger partial charge < -0.3 is 5.32 Å². The van der Waals surface area contributed by atoms with Crippen LogP contribution < -0.4 is 5.32 Å². The summed E-state index contributed by atoms with van der Waals surface area (Å²) < 4.78 is 1.97. The summed E-state index contributed by atoms with van der Waals surface area (Å²) in [5.74, 6) is 1.15. The van der Waals surface area contributed by atoms with E-state index in [1.54, 1.807) is 0 Å². The van der Waals surface area contributed by atoms with Crippen LogP contribution in [0.15, 0.2) is 6.07 Å². The van der Waals surface area contributed by atoms with E-state index in [0.717, 1.165) is 18.7 Å². The zero-order chi connectivity index (χ0) is 11.3. The number of thioether (sulfide) groups is 1. The highest BCUT2D eigenvalue weighted by Gasteiger charge is 2.05. The van der Waals surface area contributed by atoms with Crippen LogP contribution in [-0.2, 0) is 20.0 Å². The van der Waals surface area contributed by atoms with E-state index in [9.17, 15) is 0 Å². The highest BCUT2D eigenvalue weighted by atomic mass is 32.2. The molecule has 0 saturated carbocycles. The molecular weight excluding hydrogens is 206 g/mol. The predicted octanol–water partition coefficient (Wildman–Crippen LogP) is 1.82. The van der Waals surface area contributed by atoms with Gasteiger partial charge in [-0.05, 0) is 25.7 Å². The third kappa shape index (κ3) is 3.87. The van der Waals surface area contributed by atoms with Crippen LogP contribution in [-0.4, -0.2) is 27.8 Å². The summed E-state index contributed by atoms with van der Waals surface area (Å²) in [5.41, 5.74) is 2.44. The van der Waals surface area contributed by atoms with Gasteiger partial charge in [0.05, 0.1) is 11.4 Å². The Morgan fingerprint density at radius 1 is 1.60 bits per heavy atom. The number of hydrogen-bond acceptors (Lipinski definition) is 3. The Morgan fingerprint density at radius 2 is 2.33 bits per heavy atom. The molecule has 1 aromatic heterocycles. The Hall–Kier alpha value is -0.480. The van der Waals surface area contributed by atoms with Gasteiger partial charge in [0.1, 0.15) is 0 Å². The van der Waals surface area contributed by atoms with Crippen molar-refractivity contribution in [1.29, 1.82) is 0 Å². The summed E-state index contributed by atoms with van der Waals surface area (Å²) in [4.78, 5) is 0. The van der Waals surface area contributed by atoms with Crippen molar-refractivity contribution in [2.24, 2.45) is 7.05 Å². The van der Waals surface area contributed by atoms with Crippen molar-refractivity contribution in [2.45, 2.75) is 32.9 Å². The first-order valence-electron chi connectivity index (χ1n) is 5.41. The summed E-state index contributed by atoms with van der Waals surface area (Å²) >= 11 is 1.87. The molecule has 15 heavy (non-hydrogen) atoms. The third-order valence-corrected chi connectivity index (χ3v) is 3.27. The molecule has 1 aromatic rings. The lowest BCUT2D eigenvalue weighted by Gasteiger charge is -2.11. The Morgan fingerprint density at radius 3 is 2.87 bits per heavy atom. The number of rotatable bonds is 6. The molecule has 1 atom stereocenters. The second kappa shape index (κ2) is 6.18. The molecule has 3 nitrogen and oxygen atoms in total. The molecule has 1 N–H and O–H groups in total. The fourth-order valence-electron chi connectivity index (χ4n) is 1.50. The maximum atomic E-state index is 4.42. The van der Waals surface area contributed by atoms with Gasteiger partial charge >= 0.3 is 0 Å². The predicted molar refractivity (Wildman–Crippen MR) is 67.3 cm³/mol. The maximum Gasteiger partial charge on any atom is 0.0625 e. The van der Waals surface area contributed by atoms with E-state index in [4.69, 9.17) is 0 Å². The second-order valence-electron chi connectivity index (χ2n) is 3.84. The average Bonchev–Trinajstić information content (AvgIpc) is 2.57. The van der Waals surface area contributed by atoms with Gasteiger partial charge in [0.25, 0.3) is 0 Å². The Bertz CT molecular complexity index is 296. The van der Waals surface area contributed by atoms with Gasteiger partial charge in [-0.1, -0.05) is 6.92 Å². The minimum Gasteiger partial charge on any atom is -0.308 e. The Kier molecular flexibility index (Phi) is 5.19. The minimum atomic E-state index is 0.556. The van der Waals surface area contributed by atoms with Crippen LogP contribution in [0.4, 0.5) is 0 Å². The molecule has 1 rings (SSSR count). The van der Waals surface area contributed by atoms with Crippen LogP contribution in [0.2, 0.25) is 0 Å². The van der Waals surface area contributed by atoms with E-state index in [1.807, 2.05) is 23.5 Å². The maximum absolute atomic E-state index is 4.42. The lowest BCUT2D eigenvalue weighted by atomic mass is 10.3. The first-order valence-corrected chi connectivity index (χ1v) is 6.80. The monoisotopic (exact) mass is 227 g/mol. The lowest BCUT2D eigenvalue weighted by molar-refractivity contribution is 0.564. The van der Waals surface area contributed by atoms with Crippen molar-refractivity contribution in [3.8, 4) is 0 Å². The summed E-state index contributed by atoms with van der Waals surface area (Å²) in [7, 11) is 2.01. The van der Waals surface area contributed by atoms with Crippen molar-refractivity contribution >= 4 is 11.8 Å². The molecular formula is C11H21N3S. The highest BCUT2D eigenvalue weighted by Crippen LogP contribution is 2.04. The number of aryl methyl sites for hydroxylation is 2. The van der Waals surface area contributed by atoms with Crippen LogP contribution in [0.25, 0.3) is 0 Å². The number of hydrogen-bond donors (Lipinski definition) is 1. The molecule has 1 unspecified atom stereocenters. The molecule has 0 spiro atoms. The zero-order valence-electron chi connectivity index (χ0n) is 10.1. The van der Waals surface area contributed by atoms with Gasteiger partial charge in [0.15, 0.2) is 0 Å².